The zero-order valence-electron chi connectivity index (χ0n) is 15.8. The molecule has 0 amide bonds. The van der Waals surface area contributed by atoms with E-state index >= 15 is 0 Å². The third-order valence-electron chi connectivity index (χ3n) is 4.57. The van der Waals surface area contributed by atoms with Gasteiger partial charge in [0, 0.05) is 23.0 Å². The molecule has 4 nitrogen and oxygen atoms in total. The smallest absolute Gasteiger partial charge is 0.126 e. The van der Waals surface area contributed by atoms with Crippen LogP contribution < -0.4 is 5.32 Å². The van der Waals surface area contributed by atoms with Crippen LogP contribution in [0.2, 0.25) is 0 Å². The van der Waals surface area contributed by atoms with Crippen molar-refractivity contribution in [2.75, 3.05) is 5.32 Å². The Labute approximate surface area is 170 Å². The van der Waals surface area contributed by atoms with Gasteiger partial charge in [0.1, 0.15) is 5.82 Å². The number of aromatic amines is 1. The van der Waals surface area contributed by atoms with Gasteiger partial charge in [-0.1, -0.05) is 60.2 Å². The summed E-state index contributed by atoms with van der Waals surface area (Å²) in [5, 5.41) is 10.8. The average Bonchev–Trinajstić information content (AvgIpc) is 3.17. The lowest BCUT2D eigenvalue weighted by Gasteiger charge is -2.14. The molecule has 0 aliphatic heterocycles. The fraction of sp³-hybridized carbons (Fsp3) is 0.130. The number of aromatic nitrogens is 3. The molecule has 0 spiro atoms. The molecule has 0 fully saturated rings. The second-order valence-electron chi connectivity index (χ2n) is 6.89. The zero-order chi connectivity index (χ0) is 19.5. The van der Waals surface area contributed by atoms with Gasteiger partial charge in [-0.25, -0.2) is 0 Å². The van der Waals surface area contributed by atoms with Gasteiger partial charge in [-0.3, -0.25) is 10.1 Å². The first-order chi connectivity index (χ1) is 13.6. The molecule has 5 heteroatoms. The Morgan fingerprint density at radius 3 is 2.43 bits per heavy atom. The Morgan fingerprint density at radius 2 is 1.68 bits per heavy atom. The van der Waals surface area contributed by atoms with Crippen LogP contribution in [0, 0.1) is 13.8 Å². The minimum absolute atomic E-state index is 0.0808. The molecule has 0 bridgehead atoms. The second kappa shape index (κ2) is 7.90. The first kappa shape index (κ1) is 18.3. The van der Waals surface area contributed by atoms with Gasteiger partial charge >= 0.3 is 0 Å². The Kier molecular flexibility index (Phi) is 5.17. The van der Waals surface area contributed by atoms with Crippen molar-refractivity contribution in [1.29, 1.82) is 0 Å². The molecule has 2 aromatic carbocycles. The highest BCUT2D eigenvalue weighted by Gasteiger charge is 2.13. The van der Waals surface area contributed by atoms with Crippen LogP contribution in [0.1, 0.15) is 27.8 Å². The molecule has 2 N–H and O–H groups in total. The maximum atomic E-state index is 4.81. The minimum atomic E-state index is -0.0808. The summed E-state index contributed by atoms with van der Waals surface area (Å²) in [7, 11) is 0. The molecule has 0 aliphatic rings. The number of nitrogens with one attached hydrogen (secondary N) is 2. The van der Waals surface area contributed by atoms with E-state index in [1.807, 2.05) is 55.5 Å². The van der Waals surface area contributed by atoms with E-state index in [4.69, 9.17) is 12.6 Å². The van der Waals surface area contributed by atoms with E-state index in [1.54, 1.807) is 0 Å². The highest BCUT2D eigenvalue weighted by molar-refractivity contribution is 7.80. The van der Waals surface area contributed by atoms with Crippen LogP contribution in [0.3, 0.4) is 0 Å². The summed E-state index contributed by atoms with van der Waals surface area (Å²) in [5.41, 5.74) is 7.15. The third-order valence-corrected chi connectivity index (χ3v) is 5.14. The van der Waals surface area contributed by atoms with Gasteiger partial charge in [-0.2, -0.15) is 17.7 Å². The van der Waals surface area contributed by atoms with Crippen LogP contribution >= 0.6 is 12.6 Å². The van der Waals surface area contributed by atoms with Gasteiger partial charge in [0.15, 0.2) is 0 Å². The van der Waals surface area contributed by atoms with Crippen molar-refractivity contribution >= 4 is 24.1 Å². The fourth-order valence-corrected chi connectivity index (χ4v) is 3.43. The quantitative estimate of drug-likeness (QED) is 0.377. The number of anilines is 2. The fourth-order valence-electron chi connectivity index (χ4n) is 3.12. The number of rotatable bonds is 5. The Balaban J connectivity index is 1.57. The van der Waals surface area contributed by atoms with Crippen LogP contribution in [0.4, 0.5) is 11.5 Å². The van der Waals surface area contributed by atoms with Crippen molar-refractivity contribution in [2.45, 2.75) is 19.1 Å². The average molecular weight is 387 g/mol. The molecule has 1 atom stereocenters. The molecule has 0 saturated carbocycles. The first-order valence-corrected chi connectivity index (χ1v) is 9.71. The summed E-state index contributed by atoms with van der Waals surface area (Å²) >= 11 is 4.81. The lowest BCUT2D eigenvalue weighted by molar-refractivity contribution is 1.02. The van der Waals surface area contributed by atoms with Crippen LogP contribution in [0.5, 0.6) is 0 Å². The van der Waals surface area contributed by atoms with Crippen molar-refractivity contribution in [3.8, 4) is 11.3 Å². The van der Waals surface area contributed by atoms with Crippen LogP contribution in [-0.4, -0.2) is 15.2 Å². The number of H-pyrrole nitrogens is 1. The number of nitrogens with zero attached hydrogens (tertiary/aromatic N) is 2. The van der Waals surface area contributed by atoms with Gasteiger partial charge in [0.2, 0.25) is 0 Å². The van der Waals surface area contributed by atoms with Gasteiger partial charge in [0.25, 0.3) is 0 Å². The van der Waals surface area contributed by atoms with Gasteiger partial charge in [-0.15, -0.1) is 0 Å². The number of pyridine rings is 1. The van der Waals surface area contributed by atoms with Crippen molar-refractivity contribution < 1.29 is 0 Å². The lowest BCUT2D eigenvalue weighted by Crippen LogP contribution is -2.01. The molecule has 2 heterocycles. The van der Waals surface area contributed by atoms with Crippen molar-refractivity contribution in [1.82, 2.24) is 15.2 Å². The Bertz CT molecular complexity index is 1070. The summed E-state index contributed by atoms with van der Waals surface area (Å²) < 4.78 is 0. The minimum Gasteiger partial charge on any atom is -0.340 e. The predicted octanol–water partition coefficient (Wildman–Crippen LogP) is 5.85. The number of hydrogen-bond acceptors (Lipinski definition) is 4. The SMILES string of the molecule is Cc1ccc(C(S)c2cc(Nc3cc(-c4ccccc4)n[nH]3)cc(C)n2)cc1. The van der Waals surface area contributed by atoms with Crippen molar-refractivity contribution in [3.05, 3.63) is 95.3 Å². The number of benzene rings is 2. The molecule has 4 aromatic rings. The number of thiol groups is 1. The zero-order valence-corrected chi connectivity index (χ0v) is 16.7. The molecule has 140 valence electrons. The second-order valence-corrected chi connectivity index (χ2v) is 7.41. The Morgan fingerprint density at radius 1 is 0.929 bits per heavy atom. The topological polar surface area (TPSA) is 53.6 Å². The lowest BCUT2D eigenvalue weighted by atomic mass is 10.1. The summed E-state index contributed by atoms with van der Waals surface area (Å²) in [6, 6.07) is 24.6. The van der Waals surface area contributed by atoms with Gasteiger partial charge in [-0.05, 0) is 31.5 Å². The monoisotopic (exact) mass is 386 g/mol. The highest BCUT2D eigenvalue weighted by Crippen LogP contribution is 2.30. The highest BCUT2D eigenvalue weighted by atomic mass is 32.1. The van der Waals surface area contributed by atoms with Crippen molar-refractivity contribution in [3.63, 3.8) is 0 Å². The van der Waals surface area contributed by atoms with E-state index in [0.29, 0.717) is 0 Å². The summed E-state index contributed by atoms with van der Waals surface area (Å²) in [6.07, 6.45) is 0. The first-order valence-electron chi connectivity index (χ1n) is 9.19. The summed E-state index contributed by atoms with van der Waals surface area (Å²) in [6.45, 7) is 4.07. The number of aryl methyl sites for hydroxylation is 2. The van der Waals surface area contributed by atoms with Crippen LogP contribution in [-0.2, 0) is 0 Å². The molecule has 0 aliphatic carbocycles. The van der Waals surface area contributed by atoms with E-state index in [1.165, 1.54) is 5.56 Å². The molecule has 0 saturated heterocycles. The molecule has 1 unspecified atom stereocenters. The predicted molar refractivity (Wildman–Crippen MR) is 118 cm³/mol. The van der Waals surface area contributed by atoms with E-state index in [0.717, 1.165) is 39.7 Å². The maximum Gasteiger partial charge on any atom is 0.126 e. The molecule has 0 radical (unpaired) electrons. The standard InChI is InChI=1S/C23H22N4S/c1-15-8-10-18(11-9-15)23(28)21-13-19(12-16(2)24-21)25-22-14-20(26-27-22)17-6-4-3-5-7-17/h3-14,23,28H,1-2H3,(H2,24,25,26,27). The maximum absolute atomic E-state index is 4.81. The van der Waals surface area contributed by atoms with E-state index in [2.05, 4.69) is 51.7 Å². The van der Waals surface area contributed by atoms with Crippen molar-refractivity contribution in [2.24, 2.45) is 0 Å². The number of hydrogen-bond donors (Lipinski definition) is 3. The summed E-state index contributed by atoms with van der Waals surface area (Å²) in [4.78, 5) is 4.68. The summed E-state index contributed by atoms with van der Waals surface area (Å²) in [5.74, 6) is 0.835. The van der Waals surface area contributed by atoms with Crippen LogP contribution in [0.15, 0.2) is 72.8 Å². The Hall–Kier alpha value is -3.05. The molecular weight excluding hydrogens is 364 g/mol. The normalized spacial score (nSPS) is 12.0. The molecule has 28 heavy (non-hydrogen) atoms. The van der Waals surface area contributed by atoms with E-state index in [-0.39, 0.29) is 5.25 Å². The van der Waals surface area contributed by atoms with Crippen LogP contribution in [0.25, 0.3) is 11.3 Å². The molecule has 2 aromatic heterocycles. The third kappa shape index (κ3) is 4.10. The largest absolute Gasteiger partial charge is 0.340 e. The van der Waals surface area contributed by atoms with E-state index < -0.39 is 0 Å². The van der Waals surface area contributed by atoms with Gasteiger partial charge < -0.3 is 5.32 Å². The van der Waals surface area contributed by atoms with Gasteiger partial charge in [0.05, 0.1) is 16.6 Å². The molecular formula is C23H22N4S. The molecule has 4 rings (SSSR count). The van der Waals surface area contributed by atoms with E-state index in [9.17, 15) is 0 Å².